The summed E-state index contributed by atoms with van der Waals surface area (Å²) in [4.78, 5) is 10.6. The van der Waals surface area contributed by atoms with E-state index in [9.17, 15) is 9.90 Å². The number of rotatable bonds is 2. The van der Waals surface area contributed by atoms with E-state index in [1.165, 1.54) is 6.92 Å². The molecule has 0 radical (unpaired) electrons. The minimum atomic E-state index is -1.18. The van der Waals surface area contributed by atoms with Gasteiger partial charge >= 0.3 is 5.97 Å². The van der Waals surface area contributed by atoms with E-state index in [1.807, 2.05) is 20.8 Å². The van der Waals surface area contributed by atoms with Crippen LogP contribution in [-0.2, 0) is 4.79 Å². The van der Waals surface area contributed by atoms with Gasteiger partial charge in [-0.05, 0) is 19.3 Å². The first kappa shape index (κ1) is 11.4. The van der Waals surface area contributed by atoms with Gasteiger partial charge in [-0.2, -0.15) is 0 Å². The molecule has 0 bridgehead atoms. The van der Waals surface area contributed by atoms with Gasteiger partial charge in [-0.1, -0.05) is 20.8 Å². The Morgan fingerprint density at radius 3 is 1.67 bits per heavy atom. The largest absolute Gasteiger partial charge is 0.481 e. The van der Waals surface area contributed by atoms with Gasteiger partial charge in [0, 0.05) is 0 Å². The monoisotopic (exact) mass is 174 g/mol. The highest BCUT2D eigenvalue weighted by molar-refractivity contribution is 5.71. The average molecular weight is 174 g/mol. The summed E-state index contributed by atoms with van der Waals surface area (Å²) in [6.45, 7) is 8.56. The molecule has 2 atom stereocenters. The van der Waals surface area contributed by atoms with Crippen molar-refractivity contribution in [3.63, 3.8) is 0 Å². The number of hydrogen-bond donors (Lipinski definition) is 2. The van der Waals surface area contributed by atoms with Crippen LogP contribution in [0, 0.1) is 11.3 Å². The summed E-state index contributed by atoms with van der Waals surface area (Å²) in [5.41, 5.74) is -1.61. The number of aliphatic carboxylic acids is 1. The minimum absolute atomic E-state index is 0.426. The van der Waals surface area contributed by atoms with Crippen LogP contribution in [0.3, 0.4) is 0 Å². The highest BCUT2D eigenvalue weighted by Crippen LogP contribution is 2.35. The summed E-state index contributed by atoms with van der Waals surface area (Å²) in [5.74, 6) is -1.72. The molecule has 0 aromatic heterocycles. The van der Waals surface area contributed by atoms with E-state index in [4.69, 9.17) is 5.11 Å². The van der Waals surface area contributed by atoms with Gasteiger partial charge in [0.2, 0.25) is 0 Å². The Morgan fingerprint density at radius 2 is 1.58 bits per heavy atom. The lowest BCUT2D eigenvalue weighted by atomic mass is 9.71. The molecule has 0 aliphatic rings. The van der Waals surface area contributed by atoms with Gasteiger partial charge in [0.25, 0.3) is 0 Å². The molecule has 3 heteroatoms. The third-order valence-electron chi connectivity index (χ3n) is 2.73. The zero-order valence-electron chi connectivity index (χ0n) is 8.38. The fourth-order valence-electron chi connectivity index (χ4n) is 0.890. The van der Waals surface area contributed by atoms with E-state index in [2.05, 4.69) is 0 Å². The zero-order chi connectivity index (χ0) is 10.2. The summed E-state index contributed by atoms with van der Waals surface area (Å²) < 4.78 is 0. The SMILES string of the molecule is C[C@@H](C(=O)O)[C@](C)(O)C(C)(C)C. The maximum absolute atomic E-state index is 10.6. The molecule has 0 aliphatic heterocycles. The molecule has 0 amide bonds. The second kappa shape index (κ2) is 3.05. The van der Waals surface area contributed by atoms with Crippen LogP contribution in [0.15, 0.2) is 0 Å². The molecule has 2 N–H and O–H groups in total. The fraction of sp³-hybridized carbons (Fsp3) is 0.889. The molecule has 0 aromatic rings. The topological polar surface area (TPSA) is 57.5 Å². The molecule has 72 valence electrons. The van der Waals surface area contributed by atoms with Crippen molar-refractivity contribution in [1.29, 1.82) is 0 Å². The Hall–Kier alpha value is -0.570. The van der Waals surface area contributed by atoms with Crippen molar-refractivity contribution >= 4 is 5.97 Å². The summed E-state index contributed by atoms with van der Waals surface area (Å²) in [5, 5.41) is 18.6. The minimum Gasteiger partial charge on any atom is -0.481 e. The predicted molar refractivity (Wildman–Crippen MR) is 46.9 cm³/mol. The van der Waals surface area contributed by atoms with Crippen molar-refractivity contribution in [2.45, 2.75) is 40.2 Å². The molecule has 0 saturated carbocycles. The molecule has 0 heterocycles. The van der Waals surface area contributed by atoms with Crippen LogP contribution in [0.5, 0.6) is 0 Å². The predicted octanol–water partition coefficient (Wildman–Crippen LogP) is 1.50. The highest BCUT2D eigenvalue weighted by atomic mass is 16.4. The van der Waals surface area contributed by atoms with Crippen molar-refractivity contribution in [3.05, 3.63) is 0 Å². The van der Waals surface area contributed by atoms with Crippen molar-refractivity contribution < 1.29 is 15.0 Å². The lowest BCUT2D eigenvalue weighted by Gasteiger charge is -2.39. The normalized spacial score (nSPS) is 19.8. The van der Waals surface area contributed by atoms with Crippen LogP contribution in [-0.4, -0.2) is 21.8 Å². The molecule has 0 spiro atoms. The fourth-order valence-corrected chi connectivity index (χ4v) is 0.890. The molecular weight excluding hydrogens is 156 g/mol. The van der Waals surface area contributed by atoms with Crippen LogP contribution >= 0.6 is 0 Å². The van der Waals surface area contributed by atoms with Crippen molar-refractivity contribution in [1.82, 2.24) is 0 Å². The molecule has 0 fully saturated rings. The van der Waals surface area contributed by atoms with Gasteiger partial charge in [0.15, 0.2) is 0 Å². The quantitative estimate of drug-likeness (QED) is 0.667. The van der Waals surface area contributed by atoms with Crippen molar-refractivity contribution in [2.75, 3.05) is 0 Å². The Labute approximate surface area is 73.4 Å². The van der Waals surface area contributed by atoms with E-state index in [0.29, 0.717) is 0 Å². The second-order valence-corrected chi connectivity index (χ2v) is 4.46. The summed E-state index contributed by atoms with van der Waals surface area (Å²) in [7, 11) is 0. The maximum atomic E-state index is 10.6. The standard InChI is InChI=1S/C9H18O3/c1-6(7(10)11)9(5,12)8(2,3)4/h6,12H,1-5H3,(H,10,11)/t6-,9-/m0/s1. The van der Waals surface area contributed by atoms with Crippen molar-refractivity contribution in [3.8, 4) is 0 Å². The molecule has 0 aromatic carbocycles. The van der Waals surface area contributed by atoms with Crippen LogP contribution in [0.2, 0.25) is 0 Å². The Kier molecular flexibility index (Phi) is 2.91. The molecule has 3 nitrogen and oxygen atoms in total. The van der Waals surface area contributed by atoms with Gasteiger partial charge in [-0.25, -0.2) is 0 Å². The average Bonchev–Trinajstić information content (AvgIpc) is 1.83. The first-order valence-corrected chi connectivity index (χ1v) is 4.06. The van der Waals surface area contributed by atoms with Crippen molar-refractivity contribution in [2.24, 2.45) is 11.3 Å². The number of carbonyl (C=O) groups is 1. The summed E-state index contributed by atoms with van der Waals surface area (Å²) in [6, 6.07) is 0. The van der Waals surface area contributed by atoms with Gasteiger partial charge in [-0.15, -0.1) is 0 Å². The highest BCUT2D eigenvalue weighted by Gasteiger charge is 2.43. The van der Waals surface area contributed by atoms with Gasteiger partial charge in [0.05, 0.1) is 11.5 Å². The maximum Gasteiger partial charge on any atom is 0.309 e. The molecule has 0 rings (SSSR count). The Morgan fingerprint density at radius 1 is 1.25 bits per heavy atom. The van der Waals surface area contributed by atoms with Crippen LogP contribution in [0.4, 0.5) is 0 Å². The number of aliphatic hydroxyl groups is 1. The Balaban J connectivity index is 4.73. The van der Waals surface area contributed by atoms with Gasteiger partial charge in [0.1, 0.15) is 0 Å². The Bertz CT molecular complexity index is 177. The second-order valence-electron chi connectivity index (χ2n) is 4.46. The molecule has 0 unspecified atom stereocenters. The van der Waals surface area contributed by atoms with E-state index >= 15 is 0 Å². The van der Waals surface area contributed by atoms with E-state index in [0.717, 1.165) is 0 Å². The smallest absolute Gasteiger partial charge is 0.309 e. The van der Waals surface area contributed by atoms with Crippen LogP contribution < -0.4 is 0 Å². The van der Waals surface area contributed by atoms with Crippen LogP contribution in [0.1, 0.15) is 34.6 Å². The van der Waals surface area contributed by atoms with Gasteiger partial charge in [-0.3, -0.25) is 4.79 Å². The molecular formula is C9H18O3. The number of hydrogen-bond acceptors (Lipinski definition) is 2. The lowest BCUT2D eigenvalue weighted by molar-refractivity contribution is -0.158. The van der Waals surface area contributed by atoms with E-state index < -0.39 is 22.9 Å². The number of carboxylic acids is 1. The first-order valence-electron chi connectivity index (χ1n) is 4.06. The lowest BCUT2D eigenvalue weighted by Crippen LogP contribution is -2.48. The molecule has 12 heavy (non-hydrogen) atoms. The third-order valence-corrected chi connectivity index (χ3v) is 2.73. The third kappa shape index (κ3) is 1.97. The summed E-state index contributed by atoms with van der Waals surface area (Å²) in [6.07, 6.45) is 0. The van der Waals surface area contributed by atoms with E-state index in [-0.39, 0.29) is 0 Å². The van der Waals surface area contributed by atoms with E-state index in [1.54, 1.807) is 6.92 Å². The number of carboxylic acid groups (broad SMARTS) is 1. The zero-order valence-corrected chi connectivity index (χ0v) is 8.38. The molecule has 0 aliphatic carbocycles. The van der Waals surface area contributed by atoms with Crippen LogP contribution in [0.25, 0.3) is 0 Å². The first-order chi connectivity index (χ1) is 5.10. The molecule has 0 saturated heterocycles. The summed E-state index contributed by atoms with van der Waals surface area (Å²) >= 11 is 0. The van der Waals surface area contributed by atoms with Gasteiger partial charge < -0.3 is 10.2 Å².